The number of urea groups is 1. The number of aromatic nitrogens is 2. The molecule has 1 aromatic carbocycles. The van der Waals surface area contributed by atoms with E-state index in [1.165, 1.54) is 12.5 Å². The summed E-state index contributed by atoms with van der Waals surface area (Å²) in [6.45, 7) is 0.154. The minimum absolute atomic E-state index is 0.0151. The van der Waals surface area contributed by atoms with Crippen molar-refractivity contribution in [2.75, 3.05) is 44.8 Å². The summed E-state index contributed by atoms with van der Waals surface area (Å²) in [7, 11) is 0. The van der Waals surface area contributed by atoms with Crippen LogP contribution >= 0.6 is 0 Å². The molecule has 57 heavy (non-hydrogen) atoms. The van der Waals surface area contributed by atoms with Gasteiger partial charge in [0.1, 0.15) is 30.7 Å². The molecule has 0 bridgehead atoms. The summed E-state index contributed by atoms with van der Waals surface area (Å²) in [6, 6.07) is -0.948. The number of rotatable bonds is 27. The molecule has 0 unspecified atom stereocenters. The fourth-order valence-electron chi connectivity index (χ4n) is 4.72. The number of nitro groups is 2. The summed E-state index contributed by atoms with van der Waals surface area (Å²) in [6.07, 6.45) is 2.38. The van der Waals surface area contributed by atoms with E-state index in [0.29, 0.717) is 25.0 Å². The summed E-state index contributed by atoms with van der Waals surface area (Å²) in [5, 5.41) is 61.3. The second-order valence-corrected chi connectivity index (χ2v) is 11.9. The number of benzene rings is 1. The van der Waals surface area contributed by atoms with Crippen molar-refractivity contribution >= 4 is 58.9 Å². The average Bonchev–Trinajstić information content (AvgIpc) is 3.63. The summed E-state index contributed by atoms with van der Waals surface area (Å²) in [4.78, 5) is 107. The zero-order chi connectivity index (χ0) is 42.3. The van der Waals surface area contributed by atoms with Gasteiger partial charge in [-0.15, -0.1) is 0 Å². The molecule has 0 radical (unpaired) electrons. The number of carboxylic acids is 3. The van der Waals surface area contributed by atoms with Gasteiger partial charge in [0, 0.05) is 51.2 Å². The summed E-state index contributed by atoms with van der Waals surface area (Å²) in [5.41, 5.74) is -0.643. The summed E-state index contributed by atoms with van der Waals surface area (Å²) in [5.74, 6) is -4.88. The van der Waals surface area contributed by atoms with Crippen molar-refractivity contribution < 1.29 is 68.2 Å². The summed E-state index contributed by atoms with van der Waals surface area (Å²) < 4.78 is 11.6. The smallest absolute Gasteiger partial charge is 0.419 e. The Morgan fingerprint density at radius 2 is 1.49 bits per heavy atom. The van der Waals surface area contributed by atoms with E-state index in [1.54, 1.807) is 0 Å². The number of ether oxygens (including phenoxy) is 2. The Bertz CT molecular complexity index is 1750. The van der Waals surface area contributed by atoms with Crippen molar-refractivity contribution in [2.24, 2.45) is 0 Å². The van der Waals surface area contributed by atoms with Gasteiger partial charge in [0.25, 0.3) is 11.4 Å². The number of nitro benzene ring substituents is 2. The molecule has 1 aromatic heterocycles. The molecule has 0 aliphatic rings. The maximum Gasteiger partial charge on any atom is 0.419 e. The van der Waals surface area contributed by atoms with Crippen LogP contribution in [0.15, 0.2) is 30.7 Å². The molecule has 0 aliphatic heterocycles. The number of aliphatic carboxylic acids is 3. The Balaban J connectivity index is 1.54. The number of unbranched alkanes of at least 4 members (excludes halogenated alkanes) is 1. The fraction of sp³-hybridized carbons (Fsp3) is 0.500. The molecule has 0 saturated carbocycles. The number of nitrogens with zero attached hydrogens (tertiary/aromatic N) is 4. The van der Waals surface area contributed by atoms with Crippen LogP contribution in [0.5, 0.6) is 0 Å². The Labute approximate surface area is 322 Å². The van der Waals surface area contributed by atoms with Crippen LogP contribution in [0, 0.1) is 20.2 Å². The second kappa shape index (κ2) is 24.5. The van der Waals surface area contributed by atoms with E-state index in [-0.39, 0.29) is 76.7 Å². The van der Waals surface area contributed by atoms with Crippen LogP contribution in [0.3, 0.4) is 0 Å². The Morgan fingerprint density at radius 3 is 2.14 bits per heavy atom. The molecule has 2 atom stereocenters. The van der Waals surface area contributed by atoms with Gasteiger partial charge in [-0.1, -0.05) is 0 Å². The van der Waals surface area contributed by atoms with Crippen LogP contribution in [0.2, 0.25) is 0 Å². The number of carboxylic acid groups (broad SMARTS) is 3. The highest BCUT2D eigenvalue weighted by molar-refractivity contribution is 5.86. The molecule has 0 aliphatic carbocycles. The van der Waals surface area contributed by atoms with Crippen molar-refractivity contribution in [3.63, 3.8) is 0 Å². The molecule has 2 aromatic rings. The number of imidazole rings is 1. The maximum absolute atomic E-state index is 12.3. The third-order valence-electron chi connectivity index (χ3n) is 7.62. The van der Waals surface area contributed by atoms with E-state index in [1.807, 2.05) is 5.32 Å². The van der Waals surface area contributed by atoms with Gasteiger partial charge in [-0.2, -0.15) is 0 Å². The average molecular weight is 810 g/mol. The molecule has 2 rings (SSSR count). The number of amides is 4. The largest absolute Gasteiger partial charge is 0.481 e. The molecule has 25 heteroatoms. The van der Waals surface area contributed by atoms with Crippen LogP contribution in [0.4, 0.5) is 26.7 Å². The Morgan fingerprint density at radius 1 is 0.807 bits per heavy atom. The lowest BCUT2D eigenvalue weighted by Crippen LogP contribution is -2.51. The van der Waals surface area contributed by atoms with Crippen LogP contribution in [0.1, 0.15) is 50.6 Å². The van der Waals surface area contributed by atoms with Gasteiger partial charge in [0.15, 0.2) is 0 Å². The first-order valence-corrected chi connectivity index (χ1v) is 17.3. The molecule has 312 valence electrons. The van der Waals surface area contributed by atoms with Gasteiger partial charge in [0.2, 0.25) is 11.8 Å². The number of hydrogen-bond donors (Lipinski definition) is 8. The monoisotopic (exact) mass is 809 g/mol. The van der Waals surface area contributed by atoms with Gasteiger partial charge < -0.3 is 51.4 Å². The molecule has 0 fully saturated rings. The fourth-order valence-corrected chi connectivity index (χ4v) is 4.72. The van der Waals surface area contributed by atoms with E-state index in [0.717, 1.165) is 22.8 Å². The van der Waals surface area contributed by atoms with Crippen LogP contribution in [-0.2, 0) is 39.9 Å². The Kier molecular flexibility index (Phi) is 19.9. The van der Waals surface area contributed by atoms with E-state index in [9.17, 15) is 58.9 Å². The molecule has 25 nitrogen and oxygen atoms in total. The second-order valence-electron chi connectivity index (χ2n) is 11.9. The molecule has 0 spiro atoms. The number of carbonyl (C=O) groups is 7. The van der Waals surface area contributed by atoms with E-state index < -0.39 is 75.7 Å². The van der Waals surface area contributed by atoms with E-state index >= 15 is 0 Å². The predicted molar refractivity (Wildman–Crippen MR) is 192 cm³/mol. The topological polar surface area (TPSA) is 363 Å². The lowest BCUT2D eigenvalue weighted by atomic mass is 10.1. The molecule has 0 saturated heterocycles. The van der Waals surface area contributed by atoms with Crippen molar-refractivity contribution in [3.05, 3.63) is 56.6 Å². The zero-order valence-corrected chi connectivity index (χ0v) is 30.4. The highest BCUT2D eigenvalue weighted by Gasteiger charge is 2.25. The van der Waals surface area contributed by atoms with Gasteiger partial charge in [-0.05, 0) is 38.2 Å². The first-order valence-electron chi connectivity index (χ1n) is 17.3. The molecular formula is C32H43N9O16. The van der Waals surface area contributed by atoms with Crippen molar-refractivity contribution in [3.8, 4) is 0 Å². The minimum Gasteiger partial charge on any atom is -0.481 e. The third-order valence-corrected chi connectivity index (χ3v) is 7.62. The zero-order valence-electron chi connectivity index (χ0n) is 30.4. The number of nitrogens with one attached hydrogen (secondary N) is 5. The number of hydrogen-bond acceptors (Lipinski definition) is 15. The Hall–Kier alpha value is -6.92. The summed E-state index contributed by atoms with van der Waals surface area (Å²) >= 11 is 0. The van der Waals surface area contributed by atoms with Gasteiger partial charge in [-0.25, -0.2) is 28.7 Å². The van der Waals surface area contributed by atoms with Crippen LogP contribution in [-0.4, -0.2) is 128 Å². The number of anilines is 1. The first-order chi connectivity index (χ1) is 27.1. The van der Waals surface area contributed by atoms with Crippen LogP contribution in [0.25, 0.3) is 0 Å². The lowest BCUT2D eigenvalue weighted by molar-refractivity contribution is -0.393. The quantitative estimate of drug-likeness (QED) is 0.0348. The van der Waals surface area contributed by atoms with Crippen molar-refractivity contribution in [1.82, 2.24) is 30.8 Å². The normalized spacial score (nSPS) is 11.6. The number of carbonyl (C=O) groups excluding carboxylic acids is 4. The van der Waals surface area contributed by atoms with E-state index in [4.69, 9.17) is 19.7 Å². The lowest BCUT2D eigenvalue weighted by Gasteiger charge is -2.18. The van der Waals surface area contributed by atoms with E-state index in [2.05, 4.69) is 26.3 Å². The highest BCUT2D eigenvalue weighted by atomic mass is 16.6. The SMILES string of the molecule is O=C(O)CC[C@H](NC(=O)N[C@@H](CCCCNC(=O)CCCOCCOC(=O)n1cnc(CCNC(=O)CNc2ccc([N+](=O)[O-])cc2[N+](=O)[O-])c1)C(=O)O)C(=O)O. The predicted octanol–water partition coefficient (Wildman–Crippen LogP) is 0.609. The van der Waals surface area contributed by atoms with Crippen molar-refractivity contribution in [2.45, 2.75) is 63.5 Å². The maximum atomic E-state index is 12.3. The molecule has 1 heterocycles. The first kappa shape index (κ1) is 46.2. The highest BCUT2D eigenvalue weighted by Crippen LogP contribution is 2.28. The van der Waals surface area contributed by atoms with Crippen molar-refractivity contribution in [1.29, 1.82) is 0 Å². The van der Waals surface area contributed by atoms with Gasteiger partial charge in [0.05, 0.1) is 34.8 Å². The van der Waals surface area contributed by atoms with Gasteiger partial charge >= 0.3 is 30.0 Å². The molecular weight excluding hydrogens is 766 g/mol. The number of non-ortho nitro benzene ring substituents is 1. The van der Waals surface area contributed by atoms with Crippen LogP contribution < -0.4 is 26.6 Å². The molecule has 4 amide bonds. The van der Waals surface area contributed by atoms with Gasteiger partial charge in [-0.3, -0.25) is 34.6 Å². The molecule has 8 N–H and O–H groups in total. The minimum atomic E-state index is -1.52. The third kappa shape index (κ3) is 18.3. The standard InChI is InChI=1S/C32H43N9O16/c42-26(33-11-2-1-4-23(29(46)47)37-31(50)38-24(30(48)49)8-9-28(44)45)5-3-13-56-14-15-57-32(51)39-18-20(36-19-39)10-12-34-27(43)17-35-22-7-6-21(40(52)53)16-25(22)41(54)55/h6-7,16,18-19,23-24,35H,1-5,8-15,17H2,(H,33,42)(H,34,43)(H,44,45)(H,46,47)(H,48,49)(H2,37,38,50)/t23-,24-/m0/s1.